The Morgan fingerprint density at radius 3 is 2.27 bits per heavy atom. The maximum Gasteiger partial charge on any atom is 0.290 e. The fourth-order valence-corrected chi connectivity index (χ4v) is 5.01. The van der Waals surface area contributed by atoms with Gasteiger partial charge in [0.1, 0.15) is 0 Å². The van der Waals surface area contributed by atoms with Crippen LogP contribution in [0.3, 0.4) is 0 Å². The minimum Gasteiger partial charge on any atom is -0.345 e. The van der Waals surface area contributed by atoms with Crippen molar-refractivity contribution in [1.82, 2.24) is 5.32 Å². The van der Waals surface area contributed by atoms with Gasteiger partial charge in [0.2, 0.25) is 0 Å². The molecule has 0 atom stereocenters. The van der Waals surface area contributed by atoms with E-state index >= 15 is 0 Å². The number of nitrogens with one attached hydrogen (secondary N) is 1. The molecule has 2 aliphatic rings. The Morgan fingerprint density at radius 1 is 0.933 bits per heavy atom. The molecule has 1 fully saturated rings. The van der Waals surface area contributed by atoms with Crippen molar-refractivity contribution in [2.45, 2.75) is 51.4 Å². The van der Waals surface area contributed by atoms with Gasteiger partial charge < -0.3 is 4.90 Å². The number of benzene rings is 2. The van der Waals surface area contributed by atoms with E-state index in [1.165, 1.54) is 24.0 Å². The summed E-state index contributed by atoms with van der Waals surface area (Å²) < 4.78 is 0. The van der Waals surface area contributed by atoms with E-state index in [-0.39, 0.29) is 22.0 Å². The molecule has 2 aromatic rings. The van der Waals surface area contributed by atoms with Crippen molar-refractivity contribution in [2.24, 2.45) is 0 Å². The molecule has 4 rings (SSSR count). The van der Waals surface area contributed by atoms with Gasteiger partial charge in [-0.1, -0.05) is 45.9 Å². The summed E-state index contributed by atoms with van der Waals surface area (Å²) in [6, 6.07) is 14.8. The highest BCUT2D eigenvalue weighted by Gasteiger charge is 2.37. The van der Waals surface area contributed by atoms with Crippen LogP contribution in [0, 0.1) is 0 Å². The Hall–Kier alpha value is -2.53. The molecule has 4 nitrogen and oxygen atoms in total. The van der Waals surface area contributed by atoms with Crippen molar-refractivity contribution in [2.75, 3.05) is 11.9 Å². The molecule has 0 bridgehead atoms. The van der Waals surface area contributed by atoms with E-state index in [9.17, 15) is 9.59 Å². The van der Waals surface area contributed by atoms with Crippen molar-refractivity contribution in [3.05, 3.63) is 64.1 Å². The lowest BCUT2D eigenvalue weighted by Gasteiger charge is -2.42. The molecular formula is C25H28N2O2S. The minimum atomic E-state index is -0.330. The van der Waals surface area contributed by atoms with E-state index in [1.807, 2.05) is 18.2 Å². The van der Waals surface area contributed by atoms with E-state index in [1.54, 1.807) is 6.08 Å². The molecule has 0 radical (unpaired) electrons. The standard InChI is InChI=1S/C25H28N2O2S/c1-24(2)11-12-25(3,4)20-15-18(9-10-19(20)24)27(5)17-8-6-7-16(13-17)14-21-22(28)26-23(29)30-21/h6-10,13-15H,11-12H2,1-5H3,(H,26,28,29)/b21-14-. The number of carbonyl (C=O) groups excluding carboxylic acids is 2. The van der Waals surface area contributed by atoms with E-state index in [4.69, 9.17) is 0 Å². The van der Waals surface area contributed by atoms with Gasteiger partial charge in [-0.25, -0.2) is 0 Å². The molecule has 2 amide bonds. The molecule has 0 aromatic heterocycles. The normalized spacial score (nSPS) is 20.8. The number of fused-ring (bicyclic) bond motifs is 1. The lowest BCUT2D eigenvalue weighted by Crippen LogP contribution is -2.34. The lowest BCUT2D eigenvalue weighted by atomic mass is 9.63. The third kappa shape index (κ3) is 3.79. The molecule has 2 aromatic carbocycles. The van der Waals surface area contributed by atoms with Crippen LogP contribution in [0.25, 0.3) is 6.08 Å². The second-order valence-corrected chi connectivity index (χ2v) is 10.5. The number of nitrogens with zero attached hydrogens (tertiary/aromatic N) is 1. The van der Waals surface area contributed by atoms with Gasteiger partial charge >= 0.3 is 0 Å². The summed E-state index contributed by atoms with van der Waals surface area (Å²) in [6.45, 7) is 9.35. The number of thioether (sulfide) groups is 1. The summed E-state index contributed by atoms with van der Waals surface area (Å²) in [5.41, 5.74) is 6.31. The maximum atomic E-state index is 11.8. The molecule has 1 aliphatic heterocycles. The predicted octanol–water partition coefficient (Wildman–Crippen LogP) is 6.13. The Kier molecular flexibility index (Phi) is 5.05. The number of imide groups is 1. The summed E-state index contributed by atoms with van der Waals surface area (Å²) >= 11 is 0.942. The van der Waals surface area contributed by atoms with Gasteiger partial charge in [0.25, 0.3) is 11.1 Å². The van der Waals surface area contributed by atoms with Gasteiger partial charge in [0.15, 0.2) is 0 Å². The second-order valence-electron chi connectivity index (χ2n) is 9.50. The van der Waals surface area contributed by atoms with Crippen LogP contribution >= 0.6 is 11.8 Å². The van der Waals surface area contributed by atoms with Crippen LogP contribution in [0.5, 0.6) is 0 Å². The Morgan fingerprint density at radius 2 is 1.60 bits per heavy atom. The van der Waals surface area contributed by atoms with Crippen molar-refractivity contribution in [3.8, 4) is 0 Å². The SMILES string of the molecule is CN(c1cccc(/C=C2\SC(=O)NC2=O)c1)c1ccc2c(c1)C(C)(C)CCC2(C)C. The Balaban J connectivity index is 1.68. The van der Waals surface area contributed by atoms with Gasteiger partial charge in [-0.2, -0.15) is 0 Å². The first-order valence-electron chi connectivity index (χ1n) is 10.3. The van der Waals surface area contributed by atoms with E-state index in [2.05, 4.69) is 69.2 Å². The zero-order valence-corrected chi connectivity index (χ0v) is 19.0. The zero-order chi connectivity index (χ0) is 21.7. The molecule has 1 saturated heterocycles. The van der Waals surface area contributed by atoms with Crippen LogP contribution in [0.1, 0.15) is 57.2 Å². The van der Waals surface area contributed by atoms with Gasteiger partial charge in [0.05, 0.1) is 4.91 Å². The number of hydrogen-bond donors (Lipinski definition) is 1. The van der Waals surface area contributed by atoms with E-state index < -0.39 is 0 Å². The van der Waals surface area contributed by atoms with Crippen molar-refractivity contribution in [3.63, 3.8) is 0 Å². The van der Waals surface area contributed by atoms with E-state index in [0.29, 0.717) is 4.91 Å². The largest absolute Gasteiger partial charge is 0.345 e. The van der Waals surface area contributed by atoms with E-state index in [0.717, 1.165) is 28.7 Å². The van der Waals surface area contributed by atoms with Crippen LogP contribution in [-0.2, 0) is 15.6 Å². The van der Waals surface area contributed by atoms with Crippen molar-refractivity contribution >= 4 is 40.4 Å². The second kappa shape index (κ2) is 7.31. The fraction of sp³-hybridized carbons (Fsp3) is 0.360. The summed E-state index contributed by atoms with van der Waals surface area (Å²) in [5, 5.41) is 1.98. The average molecular weight is 421 g/mol. The quantitative estimate of drug-likeness (QED) is 0.607. The number of anilines is 2. The van der Waals surface area contributed by atoms with Crippen LogP contribution in [0.2, 0.25) is 0 Å². The molecule has 5 heteroatoms. The highest BCUT2D eigenvalue weighted by molar-refractivity contribution is 8.18. The van der Waals surface area contributed by atoms with Gasteiger partial charge in [-0.3, -0.25) is 14.9 Å². The minimum absolute atomic E-state index is 0.160. The van der Waals surface area contributed by atoms with Crippen LogP contribution in [0.15, 0.2) is 47.4 Å². The first kappa shape index (κ1) is 20.7. The molecule has 1 aliphatic carbocycles. The number of hydrogen-bond acceptors (Lipinski definition) is 4. The summed E-state index contributed by atoms with van der Waals surface area (Å²) in [6.07, 6.45) is 4.15. The number of carbonyl (C=O) groups is 2. The molecule has 0 spiro atoms. The number of amides is 2. The molecule has 30 heavy (non-hydrogen) atoms. The first-order valence-corrected chi connectivity index (χ1v) is 11.1. The highest BCUT2D eigenvalue weighted by Crippen LogP contribution is 2.47. The molecule has 0 unspecified atom stereocenters. The van der Waals surface area contributed by atoms with Crippen LogP contribution < -0.4 is 10.2 Å². The van der Waals surface area contributed by atoms with Gasteiger partial charge in [-0.15, -0.1) is 0 Å². The van der Waals surface area contributed by atoms with Crippen molar-refractivity contribution < 1.29 is 9.59 Å². The Bertz CT molecular complexity index is 1070. The van der Waals surface area contributed by atoms with Crippen LogP contribution in [0.4, 0.5) is 16.2 Å². The summed E-state index contributed by atoms with van der Waals surface area (Å²) in [5.74, 6) is -0.330. The smallest absolute Gasteiger partial charge is 0.290 e. The predicted molar refractivity (Wildman–Crippen MR) is 125 cm³/mol. The summed E-state index contributed by atoms with van der Waals surface area (Å²) in [4.78, 5) is 25.9. The van der Waals surface area contributed by atoms with Crippen molar-refractivity contribution in [1.29, 1.82) is 0 Å². The third-order valence-electron chi connectivity index (χ3n) is 6.42. The van der Waals surface area contributed by atoms with Gasteiger partial charge in [0, 0.05) is 18.4 Å². The number of rotatable bonds is 3. The molecule has 0 saturated carbocycles. The highest BCUT2D eigenvalue weighted by atomic mass is 32.2. The first-order chi connectivity index (χ1) is 14.1. The molecule has 1 heterocycles. The zero-order valence-electron chi connectivity index (χ0n) is 18.2. The Labute approximate surface area is 182 Å². The maximum absolute atomic E-state index is 11.8. The summed E-state index contributed by atoms with van der Waals surface area (Å²) in [7, 11) is 2.06. The topological polar surface area (TPSA) is 49.4 Å². The molecular weight excluding hydrogens is 392 g/mol. The third-order valence-corrected chi connectivity index (χ3v) is 7.23. The fourth-order valence-electron chi connectivity index (χ4n) is 4.33. The average Bonchev–Trinajstić information content (AvgIpc) is 3.01. The van der Waals surface area contributed by atoms with Gasteiger partial charge in [-0.05, 0) is 82.5 Å². The molecule has 1 N–H and O–H groups in total. The lowest BCUT2D eigenvalue weighted by molar-refractivity contribution is -0.115. The molecule has 156 valence electrons. The van der Waals surface area contributed by atoms with Crippen LogP contribution in [-0.4, -0.2) is 18.2 Å². The monoisotopic (exact) mass is 420 g/mol.